The van der Waals surface area contributed by atoms with Crippen molar-refractivity contribution in [3.63, 3.8) is 0 Å². The molecule has 0 spiro atoms. The molecule has 0 saturated heterocycles. The molecule has 0 aliphatic carbocycles. The molecule has 0 saturated carbocycles. The van der Waals surface area contributed by atoms with Gasteiger partial charge in [0.25, 0.3) is 0 Å². The van der Waals surface area contributed by atoms with Crippen LogP contribution in [0.1, 0.15) is 26.7 Å². The first-order valence-electron chi connectivity index (χ1n) is 6.83. The van der Waals surface area contributed by atoms with Crippen LogP contribution in [0.15, 0.2) is 30.3 Å². The molecule has 1 atom stereocenters. The van der Waals surface area contributed by atoms with Gasteiger partial charge in [-0.3, -0.25) is 0 Å². The number of aliphatic hydroxyl groups is 1. The summed E-state index contributed by atoms with van der Waals surface area (Å²) in [5, 5.41) is 9.94. The highest BCUT2D eigenvalue weighted by Crippen LogP contribution is 2.13. The minimum Gasteiger partial charge on any atom is -0.389 e. The fourth-order valence-electron chi connectivity index (χ4n) is 1.83. The second-order valence-corrected chi connectivity index (χ2v) is 4.46. The molecule has 1 rings (SSSR count). The third kappa shape index (κ3) is 5.52. The summed E-state index contributed by atoms with van der Waals surface area (Å²) in [6.45, 7) is 6.89. The second-order valence-electron chi connectivity index (χ2n) is 4.46. The topological polar surface area (TPSA) is 32.7 Å². The van der Waals surface area contributed by atoms with E-state index in [0.717, 1.165) is 31.7 Å². The molecule has 0 radical (unpaired) electrons. The molecule has 0 heterocycles. The maximum Gasteiger partial charge on any atom is 0.0947 e. The Kier molecular flexibility index (Phi) is 7.46. The SMILES string of the molecule is CCCCOC[C@H](O)CN(CC)c1ccccc1. The number of benzene rings is 1. The Labute approximate surface area is 110 Å². The number of anilines is 1. The summed E-state index contributed by atoms with van der Waals surface area (Å²) < 4.78 is 5.44. The van der Waals surface area contributed by atoms with E-state index in [1.165, 1.54) is 0 Å². The fourth-order valence-corrected chi connectivity index (χ4v) is 1.83. The standard InChI is InChI=1S/C15H25NO2/c1-3-5-11-18-13-15(17)12-16(4-2)14-9-7-6-8-10-14/h6-10,15,17H,3-5,11-13H2,1-2H3/t15-/m1/s1. The molecule has 0 aromatic heterocycles. The maximum atomic E-state index is 9.94. The van der Waals surface area contributed by atoms with Crippen molar-refractivity contribution >= 4 is 5.69 Å². The third-order valence-electron chi connectivity index (χ3n) is 2.89. The van der Waals surface area contributed by atoms with E-state index in [1.54, 1.807) is 0 Å². The van der Waals surface area contributed by atoms with Crippen molar-refractivity contribution in [3.8, 4) is 0 Å². The molecule has 3 heteroatoms. The van der Waals surface area contributed by atoms with Crippen LogP contribution in [0.3, 0.4) is 0 Å². The summed E-state index contributed by atoms with van der Waals surface area (Å²) in [6, 6.07) is 10.2. The molecule has 0 amide bonds. The summed E-state index contributed by atoms with van der Waals surface area (Å²) in [4.78, 5) is 2.16. The zero-order chi connectivity index (χ0) is 13.2. The molecule has 0 aliphatic rings. The lowest BCUT2D eigenvalue weighted by molar-refractivity contribution is 0.0393. The van der Waals surface area contributed by atoms with Crippen molar-refractivity contribution in [2.75, 3.05) is 31.2 Å². The minimum absolute atomic E-state index is 0.420. The van der Waals surface area contributed by atoms with Gasteiger partial charge in [-0.2, -0.15) is 0 Å². The fraction of sp³-hybridized carbons (Fsp3) is 0.600. The predicted octanol–water partition coefficient (Wildman–Crippen LogP) is 2.69. The van der Waals surface area contributed by atoms with E-state index in [-0.39, 0.29) is 0 Å². The lowest BCUT2D eigenvalue weighted by atomic mass is 10.2. The van der Waals surface area contributed by atoms with Crippen molar-refractivity contribution in [3.05, 3.63) is 30.3 Å². The lowest BCUT2D eigenvalue weighted by Crippen LogP contribution is -2.34. The second kappa shape index (κ2) is 8.95. The van der Waals surface area contributed by atoms with Gasteiger partial charge in [-0.15, -0.1) is 0 Å². The summed E-state index contributed by atoms with van der Waals surface area (Å²) in [7, 11) is 0. The molecule has 0 unspecified atom stereocenters. The number of unbranched alkanes of at least 4 members (excludes halogenated alkanes) is 1. The van der Waals surface area contributed by atoms with Gasteiger partial charge in [0.15, 0.2) is 0 Å². The minimum atomic E-state index is -0.429. The van der Waals surface area contributed by atoms with Gasteiger partial charge in [-0.05, 0) is 25.5 Å². The first-order chi connectivity index (χ1) is 8.77. The highest BCUT2D eigenvalue weighted by Gasteiger charge is 2.10. The van der Waals surface area contributed by atoms with Crippen LogP contribution in [0.2, 0.25) is 0 Å². The first-order valence-corrected chi connectivity index (χ1v) is 6.83. The average molecular weight is 251 g/mol. The first kappa shape index (κ1) is 15.0. The third-order valence-corrected chi connectivity index (χ3v) is 2.89. The monoisotopic (exact) mass is 251 g/mol. The number of hydrogen-bond acceptors (Lipinski definition) is 3. The normalized spacial score (nSPS) is 12.4. The molecule has 3 nitrogen and oxygen atoms in total. The molecule has 0 fully saturated rings. The van der Waals surface area contributed by atoms with Crippen LogP contribution in [0.25, 0.3) is 0 Å². The molecule has 0 bridgehead atoms. The van der Waals surface area contributed by atoms with Crippen molar-refractivity contribution in [2.45, 2.75) is 32.8 Å². The number of para-hydroxylation sites is 1. The Hall–Kier alpha value is -1.06. The smallest absolute Gasteiger partial charge is 0.0947 e. The zero-order valence-electron chi connectivity index (χ0n) is 11.5. The van der Waals surface area contributed by atoms with Crippen molar-refractivity contribution in [1.29, 1.82) is 0 Å². The maximum absolute atomic E-state index is 9.94. The van der Waals surface area contributed by atoms with Crippen LogP contribution in [0.4, 0.5) is 5.69 Å². The quantitative estimate of drug-likeness (QED) is 0.685. The molecule has 18 heavy (non-hydrogen) atoms. The van der Waals surface area contributed by atoms with Gasteiger partial charge in [-0.25, -0.2) is 0 Å². The van der Waals surface area contributed by atoms with Gasteiger partial charge in [0.2, 0.25) is 0 Å². The number of aliphatic hydroxyl groups excluding tert-OH is 1. The van der Waals surface area contributed by atoms with Crippen LogP contribution >= 0.6 is 0 Å². The molecule has 1 aromatic carbocycles. The van der Waals surface area contributed by atoms with Gasteiger partial charge in [0, 0.05) is 25.4 Å². The van der Waals surface area contributed by atoms with Gasteiger partial charge in [0.1, 0.15) is 0 Å². The zero-order valence-corrected chi connectivity index (χ0v) is 11.5. The van der Waals surface area contributed by atoms with E-state index in [1.807, 2.05) is 18.2 Å². The van der Waals surface area contributed by atoms with E-state index in [9.17, 15) is 5.11 Å². The predicted molar refractivity (Wildman–Crippen MR) is 76.1 cm³/mol. The number of likely N-dealkylation sites (N-methyl/N-ethyl adjacent to an activating group) is 1. The van der Waals surface area contributed by atoms with Gasteiger partial charge >= 0.3 is 0 Å². The highest BCUT2D eigenvalue weighted by atomic mass is 16.5. The van der Waals surface area contributed by atoms with Crippen molar-refractivity contribution in [2.24, 2.45) is 0 Å². The summed E-state index contributed by atoms with van der Waals surface area (Å²) in [5.74, 6) is 0. The molecule has 1 aromatic rings. The summed E-state index contributed by atoms with van der Waals surface area (Å²) in [6.07, 6.45) is 1.76. The summed E-state index contributed by atoms with van der Waals surface area (Å²) >= 11 is 0. The Morgan fingerprint density at radius 1 is 1.22 bits per heavy atom. The van der Waals surface area contributed by atoms with Gasteiger partial charge in [-0.1, -0.05) is 31.5 Å². The van der Waals surface area contributed by atoms with Crippen LogP contribution in [-0.2, 0) is 4.74 Å². The van der Waals surface area contributed by atoms with E-state index in [0.29, 0.717) is 13.2 Å². The number of ether oxygens (including phenoxy) is 1. The molecule has 102 valence electrons. The lowest BCUT2D eigenvalue weighted by Gasteiger charge is -2.25. The van der Waals surface area contributed by atoms with E-state index in [2.05, 4.69) is 30.9 Å². The Morgan fingerprint density at radius 3 is 2.56 bits per heavy atom. The number of rotatable bonds is 9. The highest BCUT2D eigenvalue weighted by molar-refractivity contribution is 5.45. The number of nitrogens with zero attached hydrogens (tertiary/aromatic N) is 1. The van der Waals surface area contributed by atoms with Crippen molar-refractivity contribution in [1.82, 2.24) is 0 Å². The van der Waals surface area contributed by atoms with Gasteiger partial charge < -0.3 is 14.7 Å². The van der Waals surface area contributed by atoms with Gasteiger partial charge in [0.05, 0.1) is 12.7 Å². The van der Waals surface area contributed by atoms with Crippen LogP contribution < -0.4 is 4.90 Å². The molecular formula is C15H25NO2. The van der Waals surface area contributed by atoms with E-state index < -0.39 is 6.10 Å². The number of hydrogen-bond donors (Lipinski definition) is 1. The Morgan fingerprint density at radius 2 is 1.94 bits per heavy atom. The molecule has 0 aliphatic heterocycles. The van der Waals surface area contributed by atoms with Crippen LogP contribution in [0.5, 0.6) is 0 Å². The Bertz CT molecular complexity index is 303. The largest absolute Gasteiger partial charge is 0.389 e. The Balaban J connectivity index is 2.34. The summed E-state index contributed by atoms with van der Waals surface area (Å²) in [5.41, 5.74) is 1.15. The van der Waals surface area contributed by atoms with E-state index in [4.69, 9.17) is 4.74 Å². The van der Waals surface area contributed by atoms with E-state index >= 15 is 0 Å². The molecular weight excluding hydrogens is 226 g/mol. The van der Waals surface area contributed by atoms with Crippen LogP contribution in [0, 0.1) is 0 Å². The molecule has 1 N–H and O–H groups in total. The van der Waals surface area contributed by atoms with Crippen molar-refractivity contribution < 1.29 is 9.84 Å². The van der Waals surface area contributed by atoms with Crippen LogP contribution in [-0.4, -0.2) is 37.5 Å². The average Bonchev–Trinajstić information content (AvgIpc) is 2.42.